The van der Waals surface area contributed by atoms with Gasteiger partial charge in [-0.05, 0) is 12.1 Å². The van der Waals surface area contributed by atoms with Crippen LogP contribution in [0.5, 0.6) is 0 Å². The highest BCUT2D eigenvalue weighted by Crippen LogP contribution is 2.27. The first-order valence-corrected chi connectivity index (χ1v) is 8.90. The number of nitro groups is 1. The van der Waals surface area contributed by atoms with Gasteiger partial charge in [0.05, 0.1) is 16.4 Å². The normalized spacial score (nSPS) is 13.9. The van der Waals surface area contributed by atoms with Crippen molar-refractivity contribution < 1.29 is 13.3 Å². The number of sulfone groups is 1. The summed E-state index contributed by atoms with van der Waals surface area (Å²) in [5, 5.41) is 17.2. The number of likely N-dealkylation sites (N-methyl/N-ethyl adjacent to an activating group) is 1. The summed E-state index contributed by atoms with van der Waals surface area (Å²) < 4.78 is 23.0. The Morgan fingerprint density at radius 1 is 1.33 bits per heavy atom. The summed E-state index contributed by atoms with van der Waals surface area (Å²) >= 11 is 0. The van der Waals surface area contributed by atoms with Gasteiger partial charge in [-0.2, -0.15) is 0 Å². The number of nitro benzene ring substituents is 1. The molecule has 11 heteroatoms. The molecular formula is C13H20IN5O4S. The van der Waals surface area contributed by atoms with Gasteiger partial charge in [0.2, 0.25) is 0 Å². The minimum atomic E-state index is -3.48. The Bertz CT molecular complexity index is 738. The van der Waals surface area contributed by atoms with Gasteiger partial charge in [-0.3, -0.25) is 15.1 Å². The largest absolute Gasteiger partial charge is 0.378 e. The molecule has 134 valence electrons. The summed E-state index contributed by atoms with van der Waals surface area (Å²) in [4.78, 5) is 16.7. The lowest BCUT2D eigenvalue weighted by molar-refractivity contribution is -0.384. The van der Waals surface area contributed by atoms with E-state index in [1.807, 2.05) is 11.9 Å². The number of rotatable bonds is 6. The maximum absolute atomic E-state index is 11.5. The Hall–Kier alpha value is -1.63. The Labute approximate surface area is 157 Å². The highest BCUT2D eigenvalue weighted by molar-refractivity contribution is 14.0. The summed E-state index contributed by atoms with van der Waals surface area (Å²) in [6.07, 6.45) is 1.02. The fourth-order valence-electron chi connectivity index (χ4n) is 2.14. The maximum atomic E-state index is 11.5. The van der Waals surface area contributed by atoms with Crippen LogP contribution >= 0.6 is 24.0 Å². The van der Waals surface area contributed by atoms with Gasteiger partial charge >= 0.3 is 0 Å². The van der Waals surface area contributed by atoms with Gasteiger partial charge < -0.3 is 15.5 Å². The third kappa shape index (κ3) is 5.19. The fraction of sp³-hybridized carbons (Fsp3) is 0.462. The highest BCUT2D eigenvalue weighted by Gasteiger charge is 2.18. The molecule has 0 bridgehead atoms. The molecule has 24 heavy (non-hydrogen) atoms. The number of nitrogens with one attached hydrogen (secondary N) is 2. The van der Waals surface area contributed by atoms with Crippen LogP contribution in [0.2, 0.25) is 0 Å². The van der Waals surface area contributed by atoms with Crippen molar-refractivity contribution in [1.82, 2.24) is 10.2 Å². The van der Waals surface area contributed by atoms with Gasteiger partial charge in [-0.1, -0.05) is 0 Å². The summed E-state index contributed by atoms with van der Waals surface area (Å²) in [5.41, 5.74) is 0.0224. The van der Waals surface area contributed by atoms with Crippen molar-refractivity contribution in [3.05, 3.63) is 28.3 Å². The summed E-state index contributed by atoms with van der Waals surface area (Å²) in [7, 11) is -1.55. The van der Waals surface area contributed by atoms with E-state index in [4.69, 9.17) is 0 Å². The molecule has 0 atom stereocenters. The number of hydrogen-bond donors (Lipinski definition) is 2. The average Bonchev–Trinajstić information content (AvgIpc) is 2.88. The minimum Gasteiger partial charge on any atom is -0.378 e. The van der Waals surface area contributed by atoms with Gasteiger partial charge in [0.25, 0.3) is 5.69 Å². The smallest absolute Gasteiger partial charge is 0.293 e. The molecule has 0 spiro atoms. The summed E-state index contributed by atoms with van der Waals surface area (Å²) in [5.74, 6) is 0.800. The van der Waals surface area contributed by atoms with E-state index in [9.17, 15) is 18.5 Å². The molecule has 0 amide bonds. The SMILES string of the molecule is CN1CCN=C1NCCNc1ccc(S(C)(=O)=O)cc1[N+](=O)[O-].I. The second kappa shape index (κ2) is 8.46. The number of aliphatic imine (C=N–C) groups is 1. The molecule has 1 aliphatic rings. The monoisotopic (exact) mass is 469 g/mol. The van der Waals surface area contributed by atoms with Crippen LogP contribution in [0.25, 0.3) is 0 Å². The second-order valence-corrected chi connectivity index (χ2v) is 7.20. The van der Waals surface area contributed by atoms with Crippen molar-refractivity contribution in [3.8, 4) is 0 Å². The zero-order valence-electron chi connectivity index (χ0n) is 13.4. The van der Waals surface area contributed by atoms with E-state index >= 15 is 0 Å². The van der Waals surface area contributed by atoms with Crippen LogP contribution in [0.1, 0.15) is 0 Å². The van der Waals surface area contributed by atoms with Crippen molar-refractivity contribution in [2.24, 2.45) is 4.99 Å². The minimum absolute atomic E-state index is 0. The van der Waals surface area contributed by atoms with Crippen molar-refractivity contribution in [3.63, 3.8) is 0 Å². The Morgan fingerprint density at radius 3 is 2.54 bits per heavy atom. The Morgan fingerprint density at radius 2 is 2.00 bits per heavy atom. The van der Waals surface area contributed by atoms with Crippen LogP contribution < -0.4 is 10.6 Å². The zero-order valence-corrected chi connectivity index (χ0v) is 16.5. The third-order valence-corrected chi connectivity index (χ3v) is 4.49. The molecule has 1 aromatic rings. The molecule has 0 fully saturated rings. The topological polar surface area (TPSA) is 117 Å². The predicted molar refractivity (Wildman–Crippen MR) is 103 cm³/mol. The van der Waals surface area contributed by atoms with Gasteiger partial charge in [-0.25, -0.2) is 8.42 Å². The van der Waals surface area contributed by atoms with E-state index in [-0.39, 0.29) is 40.2 Å². The number of nitrogens with zero attached hydrogens (tertiary/aromatic N) is 3. The van der Waals surface area contributed by atoms with E-state index < -0.39 is 14.8 Å². The molecule has 0 aliphatic carbocycles. The quantitative estimate of drug-likeness (QED) is 0.276. The molecular weight excluding hydrogens is 449 g/mol. The van der Waals surface area contributed by atoms with E-state index in [1.165, 1.54) is 12.1 Å². The number of guanidine groups is 1. The molecule has 2 N–H and O–H groups in total. The molecule has 1 aromatic carbocycles. The van der Waals surface area contributed by atoms with Crippen molar-refractivity contribution >= 4 is 51.1 Å². The maximum Gasteiger partial charge on any atom is 0.293 e. The van der Waals surface area contributed by atoms with Crippen molar-refractivity contribution in [2.45, 2.75) is 4.90 Å². The second-order valence-electron chi connectivity index (χ2n) is 5.19. The molecule has 0 saturated heterocycles. The lowest BCUT2D eigenvalue weighted by Crippen LogP contribution is -2.37. The van der Waals surface area contributed by atoms with Crippen LogP contribution in [0.4, 0.5) is 11.4 Å². The summed E-state index contributed by atoms with van der Waals surface area (Å²) in [6.45, 7) is 2.60. The van der Waals surface area contributed by atoms with Crippen molar-refractivity contribution in [2.75, 3.05) is 44.8 Å². The fourth-order valence-corrected chi connectivity index (χ4v) is 2.78. The predicted octanol–water partition coefficient (Wildman–Crippen LogP) is 0.919. The number of hydrogen-bond acceptors (Lipinski definition) is 8. The molecule has 0 aromatic heterocycles. The molecule has 0 unspecified atom stereocenters. The van der Waals surface area contributed by atoms with E-state index in [0.717, 1.165) is 31.4 Å². The van der Waals surface area contributed by atoms with E-state index in [1.54, 1.807) is 0 Å². The first-order valence-electron chi connectivity index (χ1n) is 7.01. The van der Waals surface area contributed by atoms with Gasteiger partial charge in [-0.15, -0.1) is 24.0 Å². The first-order chi connectivity index (χ1) is 10.8. The van der Waals surface area contributed by atoms with Gasteiger partial charge in [0.1, 0.15) is 5.69 Å². The first kappa shape index (κ1) is 20.4. The van der Waals surface area contributed by atoms with Crippen LogP contribution in [0.15, 0.2) is 28.1 Å². The number of anilines is 1. The third-order valence-electron chi connectivity index (χ3n) is 3.38. The summed E-state index contributed by atoms with van der Waals surface area (Å²) in [6, 6.07) is 3.83. The molecule has 2 rings (SSSR count). The molecule has 0 radical (unpaired) electrons. The van der Waals surface area contributed by atoms with Crippen molar-refractivity contribution in [1.29, 1.82) is 0 Å². The van der Waals surface area contributed by atoms with E-state index in [2.05, 4.69) is 15.6 Å². The molecule has 1 aliphatic heterocycles. The number of halogens is 1. The molecule has 1 heterocycles. The zero-order chi connectivity index (χ0) is 17.0. The lowest BCUT2D eigenvalue weighted by atomic mass is 10.2. The highest BCUT2D eigenvalue weighted by atomic mass is 127. The average molecular weight is 469 g/mol. The van der Waals surface area contributed by atoms with E-state index in [0.29, 0.717) is 13.1 Å². The van der Waals surface area contributed by atoms with Gasteiger partial charge in [0.15, 0.2) is 15.8 Å². The lowest BCUT2D eigenvalue weighted by Gasteiger charge is -2.15. The Balaban J connectivity index is 0.00000288. The standard InChI is InChI=1S/C13H19N5O4S.HI/c1-17-8-7-16-13(17)15-6-5-14-11-4-3-10(23(2,21)22)9-12(11)18(19)20;/h3-4,9,14H,5-8H2,1-2H3,(H,15,16);1H. The van der Waals surface area contributed by atoms with Crippen LogP contribution in [0.3, 0.4) is 0 Å². The Kier molecular flexibility index (Phi) is 7.20. The number of benzene rings is 1. The van der Waals surface area contributed by atoms with Crippen LogP contribution in [0, 0.1) is 10.1 Å². The molecule has 0 saturated carbocycles. The molecule has 9 nitrogen and oxygen atoms in total. The van der Waals surface area contributed by atoms with Gasteiger partial charge in [0, 0.05) is 39.0 Å². The van der Waals surface area contributed by atoms with Crippen LogP contribution in [-0.2, 0) is 9.84 Å². The van der Waals surface area contributed by atoms with Crippen LogP contribution in [-0.4, -0.2) is 63.7 Å².